The first-order chi connectivity index (χ1) is 7.52. The van der Waals surface area contributed by atoms with Crippen LogP contribution in [0, 0.1) is 0 Å². The lowest BCUT2D eigenvalue weighted by atomic mass is 10.3. The second kappa shape index (κ2) is 6.01. The Labute approximate surface area is 98.1 Å². The minimum Gasteiger partial charge on any atom is -0.338 e. The molecule has 0 aliphatic carbocycles. The van der Waals surface area contributed by atoms with Crippen molar-refractivity contribution in [3.8, 4) is 0 Å². The SMILES string of the molecule is C=C(C)CN(CC)C(=O)CN1CCC(N)C1. The van der Waals surface area contributed by atoms with Gasteiger partial charge in [0.2, 0.25) is 5.91 Å². The molecule has 1 heterocycles. The van der Waals surface area contributed by atoms with Crippen LogP contribution in [0.25, 0.3) is 0 Å². The third-order valence-electron chi connectivity index (χ3n) is 2.86. The predicted octanol–water partition coefficient (Wildman–Crippen LogP) is 0.444. The van der Waals surface area contributed by atoms with Crippen molar-refractivity contribution in [1.82, 2.24) is 9.80 Å². The highest BCUT2D eigenvalue weighted by Gasteiger charge is 2.22. The third kappa shape index (κ3) is 3.94. The maximum absolute atomic E-state index is 12.0. The van der Waals surface area contributed by atoms with Crippen LogP contribution in [-0.4, -0.2) is 54.5 Å². The summed E-state index contributed by atoms with van der Waals surface area (Å²) in [7, 11) is 0. The van der Waals surface area contributed by atoms with Crippen LogP contribution >= 0.6 is 0 Å². The molecule has 0 aromatic rings. The monoisotopic (exact) mass is 225 g/mol. The zero-order valence-corrected chi connectivity index (χ0v) is 10.4. The number of hydrogen-bond donors (Lipinski definition) is 1. The van der Waals surface area contributed by atoms with Gasteiger partial charge in [-0.2, -0.15) is 0 Å². The molecular formula is C12H23N3O. The van der Waals surface area contributed by atoms with Crippen LogP contribution in [0.1, 0.15) is 20.3 Å². The van der Waals surface area contributed by atoms with Gasteiger partial charge in [-0.25, -0.2) is 0 Å². The number of nitrogens with zero attached hydrogens (tertiary/aromatic N) is 2. The standard InChI is InChI=1S/C12H23N3O/c1-4-15(7-10(2)3)12(16)9-14-6-5-11(13)8-14/h11H,2,4-9,13H2,1,3H3. The molecule has 1 atom stereocenters. The molecule has 0 radical (unpaired) electrons. The first kappa shape index (κ1) is 13.2. The summed E-state index contributed by atoms with van der Waals surface area (Å²) in [5.74, 6) is 0.180. The van der Waals surface area contributed by atoms with Crippen molar-refractivity contribution in [2.75, 3.05) is 32.7 Å². The highest BCUT2D eigenvalue weighted by Crippen LogP contribution is 2.07. The Morgan fingerprint density at radius 3 is 2.75 bits per heavy atom. The molecule has 4 nitrogen and oxygen atoms in total. The molecule has 0 spiro atoms. The topological polar surface area (TPSA) is 49.6 Å². The first-order valence-corrected chi connectivity index (χ1v) is 5.93. The summed E-state index contributed by atoms with van der Waals surface area (Å²) in [6, 6.07) is 0.240. The van der Waals surface area contributed by atoms with E-state index in [2.05, 4.69) is 11.5 Å². The van der Waals surface area contributed by atoms with Crippen molar-refractivity contribution < 1.29 is 4.79 Å². The molecule has 16 heavy (non-hydrogen) atoms. The first-order valence-electron chi connectivity index (χ1n) is 5.93. The van der Waals surface area contributed by atoms with Crippen LogP contribution < -0.4 is 5.73 Å². The van der Waals surface area contributed by atoms with Crippen molar-refractivity contribution in [2.24, 2.45) is 5.73 Å². The molecule has 1 aliphatic heterocycles. The minimum absolute atomic E-state index is 0.180. The van der Waals surface area contributed by atoms with E-state index in [0.717, 1.165) is 31.6 Å². The molecule has 1 rings (SSSR count). The zero-order valence-electron chi connectivity index (χ0n) is 10.4. The van der Waals surface area contributed by atoms with Crippen LogP contribution in [0.15, 0.2) is 12.2 Å². The van der Waals surface area contributed by atoms with Gasteiger partial charge in [0.25, 0.3) is 0 Å². The van der Waals surface area contributed by atoms with Crippen molar-refractivity contribution in [1.29, 1.82) is 0 Å². The van der Waals surface area contributed by atoms with E-state index in [1.54, 1.807) is 0 Å². The lowest BCUT2D eigenvalue weighted by Gasteiger charge is -2.24. The molecule has 0 aromatic carbocycles. The summed E-state index contributed by atoms with van der Waals surface area (Å²) in [4.78, 5) is 15.9. The van der Waals surface area contributed by atoms with Gasteiger partial charge in [-0.05, 0) is 20.3 Å². The Morgan fingerprint density at radius 2 is 2.31 bits per heavy atom. The average molecular weight is 225 g/mol. The van der Waals surface area contributed by atoms with Crippen LogP contribution in [0.4, 0.5) is 0 Å². The molecule has 92 valence electrons. The fourth-order valence-electron chi connectivity index (χ4n) is 2.00. The molecule has 0 saturated carbocycles. The van der Waals surface area contributed by atoms with Crippen LogP contribution in [0.3, 0.4) is 0 Å². The van der Waals surface area contributed by atoms with E-state index in [-0.39, 0.29) is 11.9 Å². The summed E-state index contributed by atoms with van der Waals surface area (Å²) >= 11 is 0. The minimum atomic E-state index is 0.180. The largest absolute Gasteiger partial charge is 0.338 e. The molecule has 2 N–H and O–H groups in total. The number of amides is 1. The number of rotatable bonds is 5. The number of likely N-dealkylation sites (tertiary alicyclic amines) is 1. The normalized spacial score (nSPS) is 21.1. The van der Waals surface area contributed by atoms with Gasteiger partial charge < -0.3 is 10.6 Å². The van der Waals surface area contributed by atoms with Crippen LogP contribution in [0.5, 0.6) is 0 Å². The van der Waals surface area contributed by atoms with Crippen molar-refractivity contribution in [3.05, 3.63) is 12.2 Å². The van der Waals surface area contributed by atoms with Crippen molar-refractivity contribution >= 4 is 5.91 Å². The Kier molecular flexibility index (Phi) is 4.96. The molecule has 0 aromatic heterocycles. The Bertz CT molecular complexity index is 265. The number of hydrogen-bond acceptors (Lipinski definition) is 3. The Hall–Kier alpha value is -0.870. The van der Waals surface area contributed by atoms with Gasteiger partial charge in [0, 0.05) is 32.2 Å². The smallest absolute Gasteiger partial charge is 0.237 e. The molecular weight excluding hydrogens is 202 g/mol. The lowest BCUT2D eigenvalue weighted by Crippen LogP contribution is -2.40. The van der Waals surface area contributed by atoms with E-state index in [4.69, 9.17) is 5.73 Å². The third-order valence-corrected chi connectivity index (χ3v) is 2.86. The summed E-state index contributed by atoms with van der Waals surface area (Å²) in [5.41, 5.74) is 6.83. The van der Waals surface area contributed by atoms with Crippen LogP contribution in [0.2, 0.25) is 0 Å². The lowest BCUT2D eigenvalue weighted by molar-refractivity contribution is -0.131. The van der Waals surface area contributed by atoms with E-state index in [1.165, 1.54) is 0 Å². The number of likely N-dealkylation sites (N-methyl/N-ethyl adjacent to an activating group) is 1. The van der Waals surface area contributed by atoms with Gasteiger partial charge in [-0.15, -0.1) is 0 Å². The fourth-order valence-corrected chi connectivity index (χ4v) is 2.00. The molecule has 1 amide bonds. The van der Waals surface area contributed by atoms with Gasteiger partial charge in [0.05, 0.1) is 6.54 Å². The second-order valence-corrected chi connectivity index (χ2v) is 4.65. The zero-order chi connectivity index (χ0) is 12.1. The molecule has 1 fully saturated rings. The van der Waals surface area contributed by atoms with Gasteiger partial charge in [-0.1, -0.05) is 12.2 Å². The molecule has 0 bridgehead atoms. The summed E-state index contributed by atoms with van der Waals surface area (Å²) in [6.07, 6.45) is 1.000. The van der Waals surface area contributed by atoms with Crippen molar-refractivity contribution in [2.45, 2.75) is 26.3 Å². The van der Waals surface area contributed by atoms with Gasteiger partial charge >= 0.3 is 0 Å². The maximum Gasteiger partial charge on any atom is 0.237 e. The maximum atomic E-state index is 12.0. The Morgan fingerprint density at radius 1 is 1.62 bits per heavy atom. The Balaban J connectivity index is 2.40. The van der Waals surface area contributed by atoms with Gasteiger partial charge in [-0.3, -0.25) is 9.69 Å². The summed E-state index contributed by atoms with van der Waals surface area (Å²) in [6.45, 7) is 11.5. The summed E-state index contributed by atoms with van der Waals surface area (Å²) in [5, 5.41) is 0. The van der Waals surface area contributed by atoms with E-state index >= 15 is 0 Å². The predicted molar refractivity (Wildman–Crippen MR) is 66.1 cm³/mol. The van der Waals surface area contributed by atoms with Gasteiger partial charge in [0.15, 0.2) is 0 Å². The number of nitrogens with two attached hydrogens (primary N) is 1. The quantitative estimate of drug-likeness (QED) is 0.691. The highest BCUT2D eigenvalue weighted by atomic mass is 16.2. The molecule has 1 unspecified atom stereocenters. The van der Waals surface area contributed by atoms with Crippen molar-refractivity contribution in [3.63, 3.8) is 0 Å². The molecule has 1 saturated heterocycles. The van der Waals surface area contributed by atoms with E-state index < -0.39 is 0 Å². The fraction of sp³-hybridized carbons (Fsp3) is 0.750. The van der Waals surface area contributed by atoms with E-state index in [0.29, 0.717) is 13.1 Å². The molecule has 4 heteroatoms. The second-order valence-electron chi connectivity index (χ2n) is 4.65. The highest BCUT2D eigenvalue weighted by molar-refractivity contribution is 5.78. The van der Waals surface area contributed by atoms with E-state index in [9.17, 15) is 4.79 Å². The molecule has 1 aliphatic rings. The number of carbonyl (C=O) groups excluding carboxylic acids is 1. The average Bonchev–Trinajstić information content (AvgIpc) is 2.60. The summed E-state index contributed by atoms with van der Waals surface area (Å²) < 4.78 is 0. The van der Waals surface area contributed by atoms with Gasteiger partial charge in [0.1, 0.15) is 0 Å². The van der Waals surface area contributed by atoms with Crippen LogP contribution in [-0.2, 0) is 4.79 Å². The van der Waals surface area contributed by atoms with E-state index in [1.807, 2.05) is 18.7 Å². The number of carbonyl (C=O) groups is 1.